The highest BCUT2D eigenvalue weighted by molar-refractivity contribution is 7.09. The van der Waals surface area contributed by atoms with Crippen LogP contribution in [-0.2, 0) is 17.8 Å². The topological polar surface area (TPSA) is 71.2 Å². The van der Waals surface area contributed by atoms with Crippen LogP contribution in [0.15, 0.2) is 5.38 Å². The first-order valence-corrected chi connectivity index (χ1v) is 10.7. The molecule has 1 aromatic rings. The van der Waals surface area contributed by atoms with Crippen molar-refractivity contribution >= 4 is 17.2 Å². The summed E-state index contributed by atoms with van der Waals surface area (Å²) in [7, 11) is 0. The van der Waals surface area contributed by atoms with Crippen LogP contribution in [0.2, 0.25) is 0 Å². The molecule has 2 heterocycles. The zero-order chi connectivity index (χ0) is 17.6. The summed E-state index contributed by atoms with van der Waals surface area (Å²) >= 11 is 1.77. The Bertz CT molecular complexity index is 553. The summed E-state index contributed by atoms with van der Waals surface area (Å²) < 4.78 is 0. The van der Waals surface area contributed by atoms with Crippen LogP contribution in [0.5, 0.6) is 0 Å². The quantitative estimate of drug-likeness (QED) is 0.779. The molecule has 0 spiro atoms. The first-order chi connectivity index (χ1) is 12.2. The van der Waals surface area contributed by atoms with Gasteiger partial charge >= 0.3 is 0 Å². The molecule has 1 amide bonds. The van der Waals surface area contributed by atoms with Gasteiger partial charge in [0.15, 0.2) is 0 Å². The van der Waals surface area contributed by atoms with Crippen molar-refractivity contribution in [2.45, 2.75) is 52.0 Å². The van der Waals surface area contributed by atoms with E-state index in [9.17, 15) is 4.79 Å². The third-order valence-electron chi connectivity index (χ3n) is 5.86. The van der Waals surface area contributed by atoms with Crippen LogP contribution in [0.4, 0.5) is 0 Å². The molecule has 0 aromatic carbocycles. The van der Waals surface area contributed by atoms with Gasteiger partial charge in [-0.05, 0) is 63.6 Å². The number of carbonyl (C=O) groups is 1. The summed E-state index contributed by atoms with van der Waals surface area (Å²) in [4.78, 5) is 19.6. The van der Waals surface area contributed by atoms with E-state index in [4.69, 9.17) is 5.73 Å². The Kier molecular flexibility index (Phi) is 6.84. The molecule has 1 aromatic heterocycles. The van der Waals surface area contributed by atoms with Crippen LogP contribution in [0.1, 0.15) is 49.7 Å². The van der Waals surface area contributed by atoms with Crippen molar-refractivity contribution in [3.8, 4) is 0 Å². The fourth-order valence-corrected chi connectivity index (χ4v) is 4.94. The predicted octanol–water partition coefficient (Wildman–Crippen LogP) is 2.41. The van der Waals surface area contributed by atoms with Gasteiger partial charge in [0, 0.05) is 24.4 Å². The molecule has 0 unspecified atom stereocenters. The Morgan fingerprint density at radius 2 is 2.16 bits per heavy atom. The van der Waals surface area contributed by atoms with Gasteiger partial charge in [0.1, 0.15) is 0 Å². The standard InChI is InChI=1S/C19H32N4OS/c1-2-18-22-16(13-25-18)12-23-8-6-14(7-9-23)11-21-19(24)17-5-3-4-15(17)10-20/h13-15,17H,2-12,20H2,1H3,(H,21,24)/t15-,17-/m1/s1. The lowest BCUT2D eigenvalue weighted by Crippen LogP contribution is -2.41. The van der Waals surface area contributed by atoms with E-state index in [2.05, 4.69) is 27.5 Å². The number of rotatable bonds is 7. The molecule has 1 saturated carbocycles. The molecular formula is C19H32N4OS. The van der Waals surface area contributed by atoms with Crippen molar-refractivity contribution in [1.29, 1.82) is 0 Å². The number of thiazole rings is 1. The number of hydrogen-bond donors (Lipinski definition) is 2. The molecule has 3 rings (SSSR count). The van der Waals surface area contributed by atoms with E-state index >= 15 is 0 Å². The maximum Gasteiger partial charge on any atom is 0.223 e. The highest BCUT2D eigenvalue weighted by Crippen LogP contribution is 2.31. The molecule has 0 bridgehead atoms. The maximum absolute atomic E-state index is 12.4. The normalized spacial score (nSPS) is 25.4. The van der Waals surface area contributed by atoms with E-state index in [1.165, 1.54) is 10.7 Å². The molecular weight excluding hydrogens is 332 g/mol. The average molecular weight is 365 g/mol. The van der Waals surface area contributed by atoms with Gasteiger partial charge in [0.25, 0.3) is 0 Å². The molecule has 2 atom stereocenters. The lowest BCUT2D eigenvalue weighted by Gasteiger charge is -2.31. The molecule has 0 radical (unpaired) electrons. The van der Waals surface area contributed by atoms with Gasteiger partial charge in [0.05, 0.1) is 10.7 Å². The minimum atomic E-state index is 0.155. The summed E-state index contributed by atoms with van der Waals surface area (Å²) in [6.07, 6.45) is 6.63. The lowest BCUT2D eigenvalue weighted by molar-refractivity contribution is -0.126. The van der Waals surface area contributed by atoms with Gasteiger partial charge < -0.3 is 11.1 Å². The van der Waals surface area contributed by atoms with Gasteiger partial charge in [-0.1, -0.05) is 13.3 Å². The maximum atomic E-state index is 12.4. The van der Waals surface area contributed by atoms with Crippen LogP contribution in [0.3, 0.4) is 0 Å². The molecule has 1 aliphatic heterocycles. The van der Waals surface area contributed by atoms with Gasteiger partial charge in [-0.25, -0.2) is 4.98 Å². The third-order valence-corrected chi connectivity index (χ3v) is 6.90. The number of nitrogens with one attached hydrogen (secondary N) is 1. The Morgan fingerprint density at radius 3 is 2.84 bits per heavy atom. The highest BCUT2D eigenvalue weighted by Gasteiger charge is 2.32. The van der Waals surface area contributed by atoms with Gasteiger partial charge in [-0.2, -0.15) is 0 Å². The first-order valence-electron chi connectivity index (χ1n) is 9.83. The number of nitrogens with zero attached hydrogens (tertiary/aromatic N) is 2. The molecule has 2 aliphatic rings. The van der Waals surface area contributed by atoms with Gasteiger partial charge in [0.2, 0.25) is 5.91 Å². The van der Waals surface area contributed by atoms with Crippen LogP contribution < -0.4 is 11.1 Å². The van der Waals surface area contributed by atoms with E-state index in [0.717, 1.165) is 64.7 Å². The second-order valence-corrected chi connectivity index (χ2v) is 8.53. The molecule has 140 valence electrons. The Balaban J connectivity index is 1.37. The number of aromatic nitrogens is 1. The number of nitrogens with two attached hydrogens (primary N) is 1. The highest BCUT2D eigenvalue weighted by atomic mass is 32.1. The third kappa shape index (κ3) is 5.02. The average Bonchev–Trinajstić information content (AvgIpc) is 3.29. The number of hydrogen-bond acceptors (Lipinski definition) is 5. The fraction of sp³-hybridized carbons (Fsp3) is 0.789. The van der Waals surface area contributed by atoms with Crippen LogP contribution >= 0.6 is 11.3 Å². The molecule has 1 saturated heterocycles. The second-order valence-electron chi connectivity index (χ2n) is 7.58. The molecule has 5 nitrogen and oxygen atoms in total. The second kappa shape index (κ2) is 9.10. The van der Waals surface area contributed by atoms with E-state index in [-0.39, 0.29) is 11.8 Å². The summed E-state index contributed by atoms with van der Waals surface area (Å²) in [6, 6.07) is 0. The Hall–Kier alpha value is -0.980. The van der Waals surface area contributed by atoms with E-state index in [1.54, 1.807) is 11.3 Å². The molecule has 2 fully saturated rings. The van der Waals surface area contributed by atoms with Crippen molar-refractivity contribution in [3.05, 3.63) is 16.1 Å². The van der Waals surface area contributed by atoms with Crippen molar-refractivity contribution in [1.82, 2.24) is 15.2 Å². The van der Waals surface area contributed by atoms with Gasteiger partial charge in [-0.15, -0.1) is 11.3 Å². The van der Waals surface area contributed by atoms with E-state index < -0.39 is 0 Å². The Labute approximate surface area is 155 Å². The zero-order valence-electron chi connectivity index (χ0n) is 15.4. The number of carbonyl (C=O) groups excluding carboxylic acids is 1. The molecule has 6 heteroatoms. The first kappa shape index (κ1) is 18.8. The number of amides is 1. The largest absolute Gasteiger partial charge is 0.356 e. The van der Waals surface area contributed by atoms with Crippen molar-refractivity contribution in [2.24, 2.45) is 23.5 Å². The minimum absolute atomic E-state index is 0.155. The number of likely N-dealkylation sites (tertiary alicyclic amines) is 1. The van der Waals surface area contributed by atoms with Crippen molar-refractivity contribution in [2.75, 3.05) is 26.2 Å². The number of aryl methyl sites for hydroxylation is 1. The Morgan fingerprint density at radius 1 is 1.36 bits per heavy atom. The summed E-state index contributed by atoms with van der Waals surface area (Å²) in [5.41, 5.74) is 7.01. The smallest absolute Gasteiger partial charge is 0.223 e. The van der Waals surface area contributed by atoms with E-state index in [1.807, 2.05) is 0 Å². The molecule has 1 aliphatic carbocycles. The molecule has 3 N–H and O–H groups in total. The lowest BCUT2D eigenvalue weighted by atomic mass is 9.93. The monoisotopic (exact) mass is 364 g/mol. The SMILES string of the molecule is CCc1nc(CN2CCC(CNC(=O)[C@@H]3CCC[C@@H]3CN)CC2)cs1. The fourth-order valence-electron chi connectivity index (χ4n) is 4.20. The van der Waals surface area contributed by atoms with Crippen LogP contribution in [0.25, 0.3) is 0 Å². The van der Waals surface area contributed by atoms with E-state index in [0.29, 0.717) is 18.4 Å². The summed E-state index contributed by atoms with van der Waals surface area (Å²) in [6.45, 7) is 6.81. The summed E-state index contributed by atoms with van der Waals surface area (Å²) in [5, 5.41) is 6.64. The van der Waals surface area contributed by atoms with Crippen molar-refractivity contribution in [3.63, 3.8) is 0 Å². The number of piperidine rings is 1. The molecule has 25 heavy (non-hydrogen) atoms. The minimum Gasteiger partial charge on any atom is -0.356 e. The zero-order valence-corrected chi connectivity index (χ0v) is 16.2. The van der Waals surface area contributed by atoms with Gasteiger partial charge in [-0.3, -0.25) is 9.69 Å². The van der Waals surface area contributed by atoms with Crippen LogP contribution in [-0.4, -0.2) is 42.0 Å². The predicted molar refractivity (Wildman–Crippen MR) is 102 cm³/mol. The van der Waals surface area contributed by atoms with Crippen LogP contribution in [0, 0.1) is 17.8 Å². The van der Waals surface area contributed by atoms with Crippen molar-refractivity contribution < 1.29 is 4.79 Å². The summed E-state index contributed by atoms with van der Waals surface area (Å²) in [5.74, 6) is 1.40.